The van der Waals surface area contributed by atoms with Crippen molar-refractivity contribution < 1.29 is 9.18 Å². The zero-order valence-electron chi connectivity index (χ0n) is 11.9. The molecule has 1 amide bonds. The highest BCUT2D eigenvalue weighted by atomic mass is 32.1. The summed E-state index contributed by atoms with van der Waals surface area (Å²) in [5.41, 5.74) is 0.370. The fraction of sp³-hybridized carbons (Fsp3) is 0.429. The van der Waals surface area contributed by atoms with Gasteiger partial charge in [-0.15, -0.1) is 0 Å². The molecule has 20 heavy (non-hydrogen) atoms. The molecule has 2 aromatic rings. The van der Waals surface area contributed by atoms with E-state index in [1.165, 1.54) is 17.4 Å². The molecule has 0 atom stereocenters. The molecule has 108 valence electrons. The van der Waals surface area contributed by atoms with E-state index < -0.39 is 0 Å². The number of nitrogens with zero attached hydrogens (tertiary/aromatic N) is 3. The smallest absolute Gasteiger partial charge is 0.242 e. The summed E-state index contributed by atoms with van der Waals surface area (Å²) in [4.78, 5) is 19.9. The van der Waals surface area contributed by atoms with Gasteiger partial charge in [0.05, 0.1) is 11.2 Å². The van der Waals surface area contributed by atoms with Crippen molar-refractivity contribution >= 4 is 32.6 Å². The first-order chi connectivity index (χ1) is 9.56. The van der Waals surface area contributed by atoms with Crippen LogP contribution in [0.2, 0.25) is 0 Å². The number of benzene rings is 1. The first kappa shape index (κ1) is 14.7. The predicted molar refractivity (Wildman–Crippen MR) is 80.8 cm³/mol. The minimum atomic E-state index is -0.325. The predicted octanol–water partition coefficient (Wildman–Crippen LogP) is 2.74. The standard InChI is InChI=1S/C14H18FN3OS/c1-4-18(5-2)12(19)9-17(3)14-16-13-10(15)7-6-8-11(13)20-14/h6-8H,4-5,9H2,1-3H3. The Morgan fingerprint density at radius 2 is 2.05 bits per heavy atom. The van der Waals surface area contributed by atoms with Crippen LogP contribution in [0.5, 0.6) is 0 Å². The van der Waals surface area contributed by atoms with Crippen LogP contribution in [0.15, 0.2) is 18.2 Å². The third-order valence-corrected chi connectivity index (χ3v) is 4.31. The summed E-state index contributed by atoms with van der Waals surface area (Å²) in [7, 11) is 1.80. The van der Waals surface area contributed by atoms with Crippen LogP contribution in [0.4, 0.5) is 9.52 Å². The van der Waals surface area contributed by atoms with Gasteiger partial charge in [-0.25, -0.2) is 9.37 Å². The van der Waals surface area contributed by atoms with E-state index in [-0.39, 0.29) is 18.3 Å². The third kappa shape index (κ3) is 2.90. The second kappa shape index (κ2) is 6.17. The third-order valence-electron chi connectivity index (χ3n) is 3.17. The van der Waals surface area contributed by atoms with Gasteiger partial charge < -0.3 is 9.80 Å². The van der Waals surface area contributed by atoms with Gasteiger partial charge in [0.15, 0.2) is 5.13 Å². The Morgan fingerprint density at radius 1 is 1.35 bits per heavy atom. The normalized spacial score (nSPS) is 10.8. The average molecular weight is 295 g/mol. The number of amides is 1. The molecule has 0 spiro atoms. The average Bonchev–Trinajstić information content (AvgIpc) is 2.85. The first-order valence-electron chi connectivity index (χ1n) is 6.60. The maximum atomic E-state index is 13.6. The fourth-order valence-corrected chi connectivity index (χ4v) is 2.95. The van der Waals surface area contributed by atoms with Gasteiger partial charge in [0.25, 0.3) is 0 Å². The minimum Gasteiger partial charge on any atom is -0.342 e. The van der Waals surface area contributed by atoms with Crippen LogP contribution in [0, 0.1) is 5.82 Å². The summed E-state index contributed by atoms with van der Waals surface area (Å²) in [6.45, 7) is 5.54. The Bertz CT molecular complexity index is 609. The van der Waals surface area contributed by atoms with Gasteiger partial charge in [-0.05, 0) is 26.0 Å². The lowest BCUT2D eigenvalue weighted by Gasteiger charge is -2.22. The van der Waals surface area contributed by atoms with Gasteiger partial charge in [0.1, 0.15) is 11.3 Å². The molecule has 0 aliphatic carbocycles. The number of hydrogen-bond acceptors (Lipinski definition) is 4. The van der Waals surface area contributed by atoms with Crippen molar-refractivity contribution in [2.75, 3.05) is 31.6 Å². The Balaban J connectivity index is 2.17. The summed E-state index contributed by atoms with van der Waals surface area (Å²) in [5.74, 6) is -0.273. The molecule has 0 radical (unpaired) electrons. The van der Waals surface area contributed by atoms with Crippen LogP contribution < -0.4 is 4.90 Å². The SMILES string of the molecule is CCN(CC)C(=O)CN(C)c1nc2c(F)cccc2s1. The Labute approximate surface area is 121 Å². The van der Waals surface area contributed by atoms with E-state index in [1.54, 1.807) is 22.9 Å². The molecule has 0 saturated carbocycles. The second-order valence-electron chi connectivity index (χ2n) is 4.51. The van der Waals surface area contributed by atoms with Crippen molar-refractivity contribution in [1.82, 2.24) is 9.88 Å². The largest absolute Gasteiger partial charge is 0.342 e. The van der Waals surface area contributed by atoms with Crippen LogP contribution >= 0.6 is 11.3 Å². The second-order valence-corrected chi connectivity index (χ2v) is 5.51. The van der Waals surface area contributed by atoms with Gasteiger partial charge >= 0.3 is 0 Å². The molecule has 0 bridgehead atoms. The van der Waals surface area contributed by atoms with E-state index in [1.807, 2.05) is 19.9 Å². The molecule has 4 nitrogen and oxygen atoms in total. The van der Waals surface area contributed by atoms with Crippen molar-refractivity contribution in [3.8, 4) is 0 Å². The number of carbonyl (C=O) groups excluding carboxylic acids is 1. The molecule has 0 N–H and O–H groups in total. The van der Waals surface area contributed by atoms with Gasteiger partial charge in [-0.1, -0.05) is 17.4 Å². The number of thiazole rings is 1. The zero-order chi connectivity index (χ0) is 14.7. The maximum absolute atomic E-state index is 13.6. The van der Waals surface area contributed by atoms with Crippen molar-refractivity contribution in [3.05, 3.63) is 24.0 Å². The van der Waals surface area contributed by atoms with E-state index in [0.717, 1.165) is 4.70 Å². The number of para-hydroxylation sites is 1. The molecule has 0 saturated heterocycles. The number of likely N-dealkylation sites (N-methyl/N-ethyl adjacent to an activating group) is 2. The highest BCUT2D eigenvalue weighted by Crippen LogP contribution is 2.29. The highest BCUT2D eigenvalue weighted by Gasteiger charge is 2.16. The molecule has 1 heterocycles. The van der Waals surface area contributed by atoms with Crippen LogP contribution in [0.1, 0.15) is 13.8 Å². The van der Waals surface area contributed by atoms with Gasteiger partial charge in [-0.3, -0.25) is 4.79 Å². The topological polar surface area (TPSA) is 36.4 Å². The van der Waals surface area contributed by atoms with E-state index in [0.29, 0.717) is 23.7 Å². The summed E-state index contributed by atoms with van der Waals surface area (Å²) >= 11 is 1.39. The lowest BCUT2D eigenvalue weighted by Crippen LogP contribution is -2.38. The molecule has 0 aliphatic rings. The molecule has 0 unspecified atom stereocenters. The van der Waals surface area contributed by atoms with Crippen molar-refractivity contribution in [2.45, 2.75) is 13.8 Å². The number of rotatable bonds is 5. The van der Waals surface area contributed by atoms with Crippen LogP contribution in [-0.4, -0.2) is 42.5 Å². The number of anilines is 1. The van der Waals surface area contributed by atoms with Gasteiger partial charge in [-0.2, -0.15) is 0 Å². The monoisotopic (exact) mass is 295 g/mol. The molecule has 0 fully saturated rings. The van der Waals surface area contributed by atoms with Gasteiger partial charge in [0, 0.05) is 20.1 Å². The number of aromatic nitrogens is 1. The number of halogens is 1. The van der Waals surface area contributed by atoms with Crippen LogP contribution in [-0.2, 0) is 4.79 Å². The van der Waals surface area contributed by atoms with E-state index in [9.17, 15) is 9.18 Å². The molecule has 1 aromatic heterocycles. The Hall–Kier alpha value is -1.69. The summed E-state index contributed by atoms with van der Waals surface area (Å²) in [6.07, 6.45) is 0. The van der Waals surface area contributed by atoms with E-state index in [2.05, 4.69) is 4.98 Å². The van der Waals surface area contributed by atoms with Crippen molar-refractivity contribution in [1.29, 1.82) is 0 Å². The van der Waals surface area contributed by atoms with Gasteiger partial charge in [0.2, 0.25) is 5.91 Å². The minimum absolute atomic E-state index is 0.0530. The summed E-state index contributed by atoms with van der Waals surface area (Å²) in [5, 5.41) is 0.658. The fourth-order valence-electron chi connectivity index (χ4n) is 2.01. The Morgan fingerprint density at radius 3 is 2.65 bits per heavy atom. The lowest BCUT2D eigenvalue weighted by atomic mass is 10.3. The van der Waals surface area contributed by atoms with Crippen molar-refractivity contribution in [2.24, 2.45) is 0 Å². The number of hydrogen-bond donors (Lipinski definition) is 0. The van der Waals surface area contributed by atoms with Crippen LogP contribution in [0.25, 0.3) is 10.2 Å². The quantitative estimate of drug-likeness (QED) is 0.851. The Kier molecular flexibility index (Phi) is 4.54. The number of carbonyl (C=O) groups is 1. The first-order valence-corrected chi connectivity index (χ1v) is 7.42. The molecule has 2 rings (SSSR count). The highest BCUT2D eigenvalue weighted by molar-refractivity contribution is 7.22. The molecular formula is C14H18FN3OS. The van der Waals surface area contributed by atoms with Crippen molar-refractivity contribution in [3.63, 3.8) is 0 Å². The van der Waals surface area contributed by atoms with Crippen LogP contribution in [0.3, 0.4) is 0 Å². The summed E-state index contributed by atoms with van der Waals surface area (Å²) in [6, 6.07) is 4.90. The molecule has 0 aliphatic heterocycles. The number of fused-ring (bicyclic) bond motifs is 1. The molecular weight excluding hydrogens is 277 g/mol. The molecule has 1 aromatic carbocycles. The maximum Gasteiger partial charge on any atom is 0.242 e. The van der Waals surface area contributed by atoms with E-state index in [4.69, 9.17) is 0 Å². The lowest BCUT2D eigenvalue weighted by molar-refractivity contribution is -0.129. The van der Waals surface area contributed by atoms with E-state index >= 15 is 0 Å². The summed E-state index contributed by atoms with van der Waals surface area (Å²) < 4.78 is 14.4. The molecule has 6 heteroatoms. The zero-order valence-corrected chi connectivity index (χ0v) is 12.7.